The maximum atomic E-state index is 12.0. The van der Waals surface area contributed by atoms with E-state index in [0.717, 1.165) is 0 Å². The van der Waals surface area contributed by atoms with Crippen LogP contribution in [0.3, 0.4) is 0 Å². The van der Waals surface area contributed by atoms with Gasteiger partial charge in [0.1, 0.15) is 12.3 Å². The molecule has 2 rings (SSSR count). The summed E-state index contributed by atoms with van der Waals surface area (Å²) in [5, 5.41) is 4.10. The highest BCUT2D eigenvalue weighted by Gasteiger charge is 2.13. The van der Waals surface area contributed by atoms with E-state index in [1.54, 1.807) is 17.5 Å². The van der Waals surface area contributed by atoms with Gasteiger partial charge in [-0.3, -0.25) is 14.4 Å². The van der Waals surface area contributed by atoms with Gasteiger partial charge >= 0.3 is 12.6 Å². The summed E-state index contributed by atoms with van der Waals surface area (Å²) < 4.78 is 33.0. The van der Waals surface area contributed by atoms with Crippen LogP contribution < -0.4 is 10.1 Å². The number of carbonyl (C=O) groups is 3. The lowest BCUT2D eigenvalue weighted by Gasteiger charge is -2.07. The molecule has 25 heavy (non-hydrogen) atoms. The summed E-state index contributed by atoms with van der Waals surface area (Å²) in [6, 6.07) is 8.30. The van der Waals surface area contributed by atoms with E-state index in [2.05, 4.69) is 10.1 Å². The van der Waals surface area contributed by atoms with Crippen molar-refractivity contribution in [1.29, 1.82) is 0 Å². The number of ketones is 1. The first-order valence-corrected chi connectivity index (χ1v) is 7.89. The molecule has 1 aromatic carbocycles. The number of esters is 1. The molecule has 0 saturated heterocycles. The highest BCUT2D eigenvalue weighted by Crippen LogP contribution is 2.15. The molecule has 0 aliphatic heterocycles. The number of carbonyl (C=O) groups excluding carboxylic acids is 3. The fraction of sp³-hybridized carbons (Fsp3) is 0.188. The number of amides is 1. The number of ether oxygens (including phenoxy) is 2. The molecule has 1 aromatic heterocycles. The average molecular weight is 369 g/mol. The molecule has 0 aliphatic carbocycles. The first-order valence-electron chi connectivity index (χ1n) is 7.01. The Morgan fingerprint density at radius 1 is 1.12 bits per heavy atom. The van der Waals surface area contributed by atoms with Gasteiger partial charge in [-0.25, -0.2) is 0 Å². The summed E-state index contributed by atoms with van der Waals surface area (Å²) in [6.45, 7) is -3.85. The van der Waals surface area contributed by atoms with E-state index in [1.165, 1.54) is 35.6 Å². The topological polar surface area (TPSA) is 81.7 Å². The molecule has 2 aromatic rings. The fourth-order valence-corrected chi connectivity index (χ4v) is 2.39. The Labute approximate surface area is 145 Å². The van der Waals surface area contributed by atoms with E-state index < -0.39 is 30.9 Å². The first kappa shape index (κ1) is 18.5. The number of hydrogen-bond donors (Lipinski definition) is 1. The Balaban J connectivity index is 1.75. The Morgan fingerprint density at radius 3 is 2.44 bits per heavy atom. The third-order valence-electron chi connectivity index (χ3n) is 2.90. The number of halogens is 2. The third kappa shape index (κ3) is 5.96. The normalized spacial score (nSPS) is 10.4. The third-order valence-corrected chi connectivity index (χ3v) is 3.77. The van der Waals surface area contributed by atoms with Crippen molar-refractivity contribution in [3.05, 3.63) is 52.2 Å². The predicted molar refractivity (Wildman–Crippen MR) is 85.0 cm³/mol. The number of nitrogens with one attached hydrogen (secondary N) is 1. The Hall–Kier alpha value is -2.81. The summed E-state index contributed by atoms with van der Waals surface area (Å²) in [7, 11) is 0. The van der Waals surface area contributed by atoms with Crippen molar-refractivity contribution in [3.8, 4) is 5.75 Å². The first-order chi connectivity index (χ1) is 12.0. The second-order valence-corrected chi connectivity index (χ2v) is 5.59. The van der Waals surface area contributed by atoms with Crippen LogP contribution in [0.4, 0.5) is 8.78 Å². The molecule has 0 fully saturated rings. The zero-order chi connectivity index (χ0) is 18.2. The lowest BCUT2D eigenvalue weighted by atomic mass is 10.1. The van der Waals surface area contributed by atoms with Gasteiger partial charge in [0, 0.05) is 5.56 Å². The molecule has 132 valence electrons. The van der Waals surface area contributed by atoms with Gasteiger partial charge in [-0.2, -0.15) is 8.78 Å². The van der Waals surface area contributed by atoms with Crippen LogP contribution >= 0.6 is 11.3 Å². The molecule has 0 radical (unpaired) electrons. The molecular formula is C16H13F2NO5S. The molecule has 0 unspecified atom stereocenters. The van der Waals surface area contributed by atoms with E-state index in [1.807, 2.05) is 0 Å². The van der Waals surface area contributed by atoms with Gasteiger partial charge in [-0.05, 0) is 35.7 Å². The van der Waals surface area contributed by atoms with Gasteiger partial charge < -0.3 is 14.8 Å². The second-order valence-electron chi connectivity index (χ2n) is 4.65. The van der Waals surface area contributed by atoms with Crippen molar-refractivity contribution in [2.75, 3.05) is 13.2 Å². The van der Waals surface area contributed by atoms with E-state index in [0.29, 0.717) is 4.88 Å². The van der Waals surface area contributed by atoms with E-state index in [9.17, 15) is 23.2 Å². The van der Waals surface area contributed by atoms with E-state index in [-0.39, 0.29) is 17.9 Å². The average Bonchev–Trinajstić information content (AvgIpc) is 3.12. The van der Waals surface area contributed by atoms with Crippen LogP contribution in [0.5, 0.6) is 5.75 Å². The SMILES string of the molecule is O=C(CNC(=O)c1cccs1)OCC(=O)c1ccc(OC(F)F)cc1. The van der Waals surface area contributed by atoms with Gasteiger partial charge in [0.15, 0.2) is 12.4 Å². The van der Waals surface area contributed by atoms with Crippen LogP contribution in [-0.2, 0) is 9.53 Å². The van der Waals surface area contributed by atoms with Crippen molar-refractivity contribution in [2.45, 2.75) is 6.61 Å². The van der Waals surface area contributed by atoms with Crippen LogP contribution in [0.1, 0.15) is 20.0 Å². The minimum atomic E-state index is -2.95. The molecule has 1 amide bonds. The van der Waals surface area contributed by atoms with E-state index >= 15 is 0 Å². The zero-order valence-electron chi connectivity index (χ0n) is 12.7. The summed E-state index contributed by atoms with van der Waals surface area (Å²) in [5.41, 5.74) is 0.178. The van der Waals surface area contributed by atoms with Crippen LogP contribution in [0.25, 0.3) is 0 Å². The van der Waals surface area contributed by atoms with Crippen molar-refractivity contribution >= 4 is 29.0 Å². The molecule has 0 spiro atoms. The van der Waals surface area contributed by atoms with Gasteiger partial charge in [0.2, 0.25) is 0 Å². The molecule has 1 N–H and O–H groups in total. The molecule has 0 aliphatic rings. The number of alkyl halides is 2. The van der Waals surface area contributed by atoms with Crippen molar-refractivity contribution < 1.29 is 32.6 Å². The summed E-state index contributed by atoms with van der Waals surface area (Å²) >= 11 is 1.23. The van der Waals surface area contributed by atoms with E-state index in [4.69, 9.17) is 4.74 Å². The fourth-order valence-electron chi connectivity index (χ4n) is 1.75. The van der Waals surface area contributed by atoms with Crippen LogP contribution in [0, 0.1) is 0 Å². The zero-order valence-corrected chi connectivity index (χ0v) is 13.6. The van der Waals surface area contributed by atoms with Gasteiger partial charge in [-0.15, -0.1) is 11.3 Å². The predicted octanol–water partition coefficient (Wildman–Crippen LogP) is 2.51. The highest BCUT2D eigenvalue weighted by molar-refractivity contribution is 7.12. The summed E-state index contributed by atoms with van der Waals surface area (Å²) in [4.78, 5) is 35.5. The second kappa shape index (κ2) is 8.88. The lowest BCUT2D eigenvalue weighted by Crippen LogP contribution is -2.31. The summed E-state index contributed by atoms with van der Waals surface area (Å²) in [6.07, 6.45) is 0. The molecule has 0 atom stereocenters. The maximum Gasteiger partial charge on any atom is 0.387 e. The van der Waals surface area contributed by atoms with Crippen LogP contribution in [0.15, 0.2) is 41.8 Å². The van der Waals surface area contributed by atoms with Crippen LogP contribution in [-0.4, -0.2) is 37.4 Å². The number of thiophene rings is 1. The number of Topliss-reactive ketones (excluding diaryl/α,β-unsaturated/α-hetero) is 1. The monoisotopic (exact) mass is 369 g/mol. The Bertz CT molecular complexity index is 731. The standard InChI is InChI=1S/C16H13F2NO5S/c17-16(18)24-11-5-3-10(4-6-11)12(20)9-23-14(21)8-19-15(22)13-2-1-7-25-13/h1-7,16H,8-9H2,(H,19,22). The van der Waals surface area contributed by atoms with Crippen molar-refractivity contribution in [2.24, 2.45) is 0 Å². The quantitative estimate of drug-likeness (QED) is 0.571. The van der Waals surface area contributed by atoms with Crippen LogP contribution in [0.2, 0.25) is 0 Å². The Morgan fingerprint density at radius 2 is 1.84 bits per heavy atom. The van der Waals surface area contributed by atoms with Gasteiger partial charge in [0.05, 0.1) is 4.88 Å². The van der Waals surface area contributed by atoms with Crippen molar-refractivity contribution in [1.82, 2.24) is 5.32 Å². The van der Waals surface area contributed by atoms with Gasteiger partial charge in [0.25, 0.3) is 5.91 Å². The highest BCUT2D eigenvalue weighted by atomic mass is 32.1. The Kier molecular flexibility index (Phi) is 6.58. The minimum absolute atomic E-state index is 0.0835. The molecule has 1 heterocycles. The molecular weight excluding hydrogens is 356 g/mol. The molecule has 6 nitrogen and oxygen atoms in total. The lowest BCUT2D eigenvalue weighted by molar-refractivity contribution is -0.141. The molecule has 9 heteroatoms. The largest absolute Gasteiger partial charge is 0.456 e. The number of hydrogen-bond acceptors (Lipinski definition) is 6. The number of benzene rings is 1. The molecule has 0 bridgehead atoms. The minimum Gasteiger partial charge on any atom is -0.456 e. The maximum absolute atomic E-state index is 12.0. The summed E-state index contributed by atoms with van der Waals surface area (Å²) in [5.74, 6) is -1.77. The smallest absolute Gasteiger partial charge is 0.387 e. The molecule has 0 saturated carbocycles. The van der Waals surface area contributed by atoms with Crippen molar-refractivity contribution in [3.63, 3.8) is 0 Å². The number of rotatable bonds is 8. The van der Waals surface area contributed by atoms with Gasteiger partial charge in [-0.1, -0.05) is 6.07 Å².